The topological polar surface area (TPSA) is 15.3 Å². The fraction of sp³-hybridized carbons (Fsp3) is 0.733. The molecule has 0 bridgehead atoms. The summed E-state index contributed by atoms with van der Waals surface area (Å²) in [5.74, 6) is 0. The summed E-state index contributed by atoms with van der Waals surface area (Å²) in [4.78, 5) is 5.50. The second-order valence-electron chi connectivity index (χ2n) is 4.77. The van der Waals surface area contributed by atoms with E-state index in [1.807, 2.05) is 11.3 Å². The first kappa shape index (κ1) is 15.7. The number of unbranched alkanes of at least 4 members (excludes halogenated alkanes) is 1. The van der Waals surface area contributed by atoms with E-state index in [1.165, 1.54) is 35.6 Å². The second kappa shape index (κ2) is 9.54. The third kappa shape index (κ3) is 5.98. The standard InChI is InChI=1S/C15H28N2S/c1-4-7-11-17(6-3)13-15-9-8-14(18-15)12-16-10-5-2/h8-9,16H,4-7,10-13H2,1-3H3. The largest absolute Gasteiger partial charge is 0.312 e. The van der Waals surface area contributed by atoms with Gasteiger partial charge < -0.3 is 5.32 Å². The maximum atomic E-state index is 3.46. The molecule has 1 aromatic rings. The molecule has 0 aliphatic heterocycles. The number of nitrogens with zero attached hydrogens (tertiary/aromatic N) is 1. The van der Waals surface area contributed by atoms with Crippen LogP contribution in [-0.2, 0) is 13.1 Å². The highest BCUT2D eigenvalue weighted by molar-refractivity contribution is 7.11. The van der Waals surface area contributed by atoms with Crippen LogP contribution in [-0.4, -0.2) is 24.5 Å². The van der Waals surface area contributed by atoms with Gasteiger partial charge in [-0.25, -0.2) is 0 Å². The van der Waals surface area contributed by atoms with Crippen molar-refractivity contribution in [2.45, 2.75) is 53.1 Å². The zero-order valence-corrected chi connectivity index (χ0v) is 13.0. The molecular formula is C15H28N2S. The lowest BCUT2D eigenvalue weighted by Gasteiger charge is -2.18. The van der Waals surface area contributed by atoms with Crippen molar-refractivity contribution >= 4 is 11.3 Å². The molecule has 0 saturated carbocycles. The molecule has 0 aliphatic rings. The van der Waals surface area contributed by atoms with Crippen LogP contribution in [0, 0.1) is 0 Å². The molecule has 18 heavy (non-hydrogen) atoms. The normalized spacial score (nSPS) is 11.3. The molecule has 104 valence electrons. The van der Waals surface area contributed by atoms with E-state index in [2.05, 4.69) is 43.1 Å². The molecule has 0 radical (unpaired) electrons. The Morgan fingerprint density at radius 3 is 2.56 bits per heavy atom. The Labute approximate surface area is 116 Å². The van der Waals surface area contributed by atoms with Crippen LogP contribution in [0.3, 0.4) is 0 Å². The molecule has 1 N–H and O–H groups in total. The summed E-state index contributed by atoms with van der Waals surface area (Å²) in [7, 11) is 0. The van der Waals surface area contributed by atoms with Crippen LogP contribution in [0.15, 0.2) is 12.1 Å². The molecule has 0 atom stereocenters. The third-order valence-corrected chi connectivity index (χ3v) is 4.17. The van der Waals surface area contributed by atoms with Crippen molar-refractivity contribution < 1.29 is 0 Å². The summed E-state index contributed by atoms with van der Waals surface area (Å²) in [6.07, 6.45) is 3.80. The molecule has 0 fully saturated rings. The van der Waals surface area contributed by atoms with E-state index >= 15 is 0 Å². The van der Waals surface area contributed by atoms with Crippen molar-refractivity contribution in [1.82, 2.24) is 10.2 Å². The van der Waals surface area contributed by atoms with Gasteiger partial charge in [-0.05, 0) is 44.6 Å². The van der Waals surface area contributed by atoms with E-state index < -0.39 is 0 Å². The minimum absolute atomic E-state index is 1.03. The summed E-state index contributed by atoms with van der Waals surface area (Å²) in [5, 5.41) is 3.46. The highest BCUT2D eigenvalue weighted by Crippen LogP contribution is 2.18. The summed E-state index contributed by atoms with van der Waals surface area (Å²) < 4.78 is 0. The first-order chi connectivity index (χ1) is 8.80. The lowest BCUT2D eigenvalue weighted by molar-refractivity contribution is 0.278. The highest BCUT2D eigenvalue weighted by atomic mass is 32.1. The van der Waals surface area contributed by atoms with Gasteiger partial charge in [-0.3, -0.25) is 4.90 Å². The van der Waals surface area contributed by atoms with Gasteiger partial charge in [-0.15, -0.1) is 11.3 Å². The van der Waals surface area contributed by atoms with Gasteiger partial charge in [0.25, 0.3) is 0 Å². The van der Waals surface area contributed by atoms with Crippen molar-refractivity contribution in [3.8, 4) is 0 Å². The molecule has 0 spiro atoms. The zero-order valence-electron chi connectivity index (χ0n) is 12.2. The number of thiophene rings is 1. The van der Waals surface area contributed by atoms with Crippen molar-refractivity contribution in [2.24, 2.45) is 0 Å². The van der Waals surface area contributed by atoms with Gasteiger partial charge in [-0.1, -0.05) is 27.2 Å². The molecule has 1 heterocycles. The molecule has 0 aliphatic carbocycles. The van der Waals surface area contributed by atoms with Crippen LogP contribution in [0.1, 0.15) is 49.8 Å². The Hall–Kier alpha value is -0.380. The molecular weight excluding hydrogens is 240 g/mol. The third-order valence-electron chi connectivity index (χ3n) is 3.10. The van der Waals surface area contributed by atoms with Crippen LogP contribution in [0.25, 0.3) is 0 Å². The Balaban J connectivity index is 2.36. The summed E-state index contributed by atoms with van der Waals surface area (Å²) >= 11 is 1.96. The van der Waals surface area contributed by atoms with Crippen LogP contribution < -0.4 is 5.32 Å². The Morgan fingerprint density at radius 2 is 1.89 bits per heavy atom. The first-order valence-corrected chi connectivity index (χ1v) is 8.12. The summed E-state index contributed by atoms with van der Waals surface area (Å²) in [6, 6.07) is 4.57. The van der Waals surface area contributed by atoms with Gasteiger partial charge in [0.2, 0.25) is 0 Å². The second-order valence-corrected chi connectivity index (χ2v) is 6.02. The maximum absolute atomic E-state index is 3.46. The molecule has 2 nitrogen and oxygen atoms in total. The van der Waals surface area contributed by atoms with Gasteiger partial charge in [0.05, 0.1) is 0 Å². The lowest BCUT2D eigenvalue weighted by Crippen LogP contribution is -2.23. The van der Waals surface area contributed by atoms with Gasteiger partial charge in [0, 0.05) is 22.8 Å². The summed E-state index contributed by atoms with van der Waals surface area (Å²) in [5.41, 5.74) is 0. The minimum atomic E-state index is 1.03. The average Bonchev–Trinajstić information content (AvgIpc) is 2.82. The fourth-order valence-corrected chi connectivity index (χ4v) is 2.97. The van der Waals surface area contributed by atoms with E-state index in [0.717, 1.165) is 26.2 Å². The van der Waals surface area contributed by atoms with E-state index in [9.17, 15) is 0 Å². The average molecular weight is 268 g/mol. The van der Waals surface area contributed by atoms with Gasteiger partial charge in [0.1, 0.15) is 0 Å². The quantitative estimate of drug-likeness (QED) is 0.648. The molecule has 0 aromatic carbocycles. The summed E-state index contributed by atoms with van der Waals surface area (Å²) in [6.45, 7) is 12.4. The van der Waals surface area contributed by atoms with Gasteiger partial charge >= 0.3 is 0 Å². The van der Waals surface area contributed by atoms with Gasteiger partial charge in [-0.2, -0.15) is 0 Å². The van der Waals surface area contributed by atoms with E-state index in [4.69, 9.17) is 0 Å². The predicted octanol–water partition coefficient (Wildman–Crippen LogP) is 3.87. The van der Waals surface area contributed by atoms with E-state index in [1.54, 1.807) is 0 Å². The predicted molar refractivity (Wildman–Crippen MR) is 82.2 cm³/mol. The van der Waals surface area contributed by atoms with E-state index in [-0.39, 0.29) is 0 Å². The smallest absolute Gasteiger partial charge is 0.0327 e. The van der Waals surface area contributed by atoms with Crippen LogP contribution in [0.5, 0.6) is 0 Å². The molecule has 0 saturated heterocycles. The van der Waals surface area contributed by atoms with Crippen molar-refractivity contribution in [2.75, 3.05) is 19.6 Å². The van der Waals surface area contributed by atoms with Crippen molar-refractivity contribution in [1.29, 1.82) is 0 Å². The Kier molecular flexibility index (Phi) is 8.31. The lowest BCUT2D eigenvalue weighted by atomic mass is 10.3. The SMILES string of the molecule is CCCCN(CC)Cc1ccc(CNCCC)s1. The van der Waals surface area contributed by atoms with Crippen molar-refractivity contribution in [3.63, 3.8) is 0 Å². The van der Waals surface area contributed by atoms with Crippen LogP contribution in [0.4, 0.5) is 0 Å². The Morgan fingerprint density at radius 1 is 1.11 bits per heavy atom. The molecule has 1 aromatic heterocycles. The van der Waals surface area contributed by atoms with Crippen LogP contribution in [0.2, 0.25) is 0 Å². The van der Waals surface area contributed by atoms with E-state index in [0.29, 0.717) is 0 Å². The zero-order chi connectivity index (χ0) is 13.2. The maximum Gasteiger partial charge on any atom is 0.0327 e. The molecule has 3 heteroatoms. The Bertz CT molecular complexity index is 309. The van der Waals surface area contributed by atoms with Crippen molar-refractivity contribution in [3.05, 3.63) is 21.9 Å². The number of nitrogens with one attached hydrogen (secondary N) is 1. The fourth-order valence-electron chi connectivity index (χ4n) is 1.94. The highest BCUT2D eigenvalue weighted by Gasteiger charge is 2.05. The van der Waals surface area contributed by atoms with Gasteiger partial charge in [0.15, 0.2) is 0 Å². The molecule has 0 unspecified atom stereocenters. The molecule has 0 amide bonds. The number of hydrogen-bond donors (Lipinski definition) is 1. The number of rotatable bonds is 10. The monoisotopic (exact) mass is 268 g/mol. The number of hydrogen-bond acceptors (Lipinski definition) is 3. The van der Waals surface area contributed by atoms with Crippen LogP contribution >= 0.6 is 11.3 Å². The minimum Gasteiger partial charge on any atom is -0.312 e. The molecule has 1 rings (SSSR count). The first-order valence-electron chi connectivity index (χ1n) is 7.30.